The van der Waals surface area contributed by atoms with E-state index in [9.17, 15) is 8.42 Å². The van der Waals surface area contributed by atoms with Gasteiger partial charge in [-0.05, 0) is 26.7 Å². The number of hydrogen-bond acceptors (Lipinski definition) is 3. The van der Waals surface area contributed by atoms with E-state index in [1.54, 1.807) is 8.61 Å². The highest BCUT2D eigenvalue weighted by Crippen LogP contribution is 2.25. The first-order valence-corrected chi connectivity index (χ1v) is 8.86. The third kappa shape index (κ3) is 3.24. The molecule has 0 aromatic rings. The van der Waals surface area contributed by atoms with E-state index in [1.807, 2.05) is 13.8 Å². The van der Waals surface area contributed by atoms with Crippen LogP contribution in [0.2, 0.25) is 0 Å². The van der Waals surface area contributed by atoms with Gasteiger partial charge in [0.2, 0.25) is 0 Å². The fraction of sp³-hybridized carbons (Fsp3) is 1.00. The lowest BCUT2D eigenvalue weighted by molar-refractivity contribution is -0.0180. The highest BCUT2D eigenvalue weighted by molar-refractivity contribution is 7.86. The molecular weight excluding hydrogens is 288 g/mol. The number of piperidine rings is 1. The van der Waals surface area contributed by atoms with Crippen LogP contribution < -0.4 is 0 Å². The van der Waals surface area contributed by atoms with E-state index in [2.05, 4.69) is 0 Å². The van der Waals surface area contributed by atoms with Gasteiger partial charge in [0.05, 0.1) is 12.7 Å². The van der Waals surface area contributed by atoms with Crippen LogP contribution in [0, 0.1) is 0 Å². The number of morpholine rings is 1. The molecule has 0 N–H and O–H groups in total. The van der Waals surface area contributed by atoms with Crippen molar-refractivity contribution in [1.82, 2.24) is 8.61 Å². The van der Waals surface area contributed by atoms with Crippen LogP contribution in [-0.2, 0) is 14.9 Å². The normalized spacial score (nSPS) is 35.4. The predicted molar refractivity (Wildman–Crippen MR) is 75.6 cm³/mol. The summed E-state index contributed by atoms with van der Waals surface area (Å²) >= 11 is 5.80. The lowest BCUT2D eigenvalue weighted by Crippen LogP contribution is -2.57. The van der Waals surface area contributed by atoms with Crippen molar-refractivity contribution in [2.24, 2.45) is 0 Å². The first-order valence-electron chi connectivity index (χ1n) is 6.93. The van der Waals surface area contributed by atoms with Crippen molar-refractivity contribution in [3.05, 3.63) is 0 Å². The van der Waals surface area contributed by atoms with Gasteiger partial charge in [-0.15, -0.1) is 11.6 Å². The van der Waals surface area contributed by atoms with E-state index in [4.69, 9.17) is 16.3 Å². The highest BCUT2D eigenvalue weighted by Gasteiger charge is 2.40. The number of ether oxygens (including phenoxy) is 1. The number of nitrogens with zero attached hydrogens (tertiary/aromatic N) is 2. The average molecular weight is 311 g/mol. The Hall–Kier alpha value is 0.120. The van der Waals surface area contributed by atoms with Gasteiger partial charge in [-0.2, -0.15) is 17.0 Å². The molecule has 112 valence electrons. The molecule has 0 radical (unpaired) electrons. The highest BCUT2D eigenvalue weighted by atomic mass is 35.5. The van der Waals surface area contributed by atoms with E-state index in [1.165, 1.54) is 0 Å². The number of alkyl halides is 1. The summed E-state index contributed by atoms with van der Waals surface area (Å²) in [6, 6.07) is -0.0400. The number of halogens is 1. The summed E-state index contributed by atoms with van der Waals surface area (Å²) in [7, 11) is -3.40. The molecule has 0 aromatic carbocycles. The molecule has 2 fully saturated rings. The maximum absolute atomic E-state index is 12.8. The summed E-state index contributed by atoms with van der Waals surface area (Å²) in [6.45, 7) is 5.27. The Morgan fingerprint density at radius 1 is 1.21 bits per heavy atom. The standard InChI is InChI=1S/C12H23ClN2O3S/c1-10-5-3-4-6-14(10)19(16,17)15-8-12(7-13)18-9-11(15)2/h10-12H,3-9H2,1-2H3. The molecule has 5 nitrogen and oxygen atoms in total. The Kier molecular flexibility index (Phi) is 5.11. The molecule has 2 saturated heterocycles. The predicted octanol–water partition coefficient (Wildman–Crippen LogP) is 1.43. The smallest absolute Gasteiger partial charge is 0.282 e. The van der Waals surface area contributed by atoms with Crippen LogP contribution in [0.25, 0.3) is 0 Å². The summed E-state index contributed by atoms with van der Waals surface area (Å²) in [6.07, 6.45) is 2.79. The molecule has 0 aliphatic carbocycles. The van der Waals surface area contributed by atoms with Crippen molar-refractivity contribution in [3.8, 4) is 0 Å². The third-order valence-electron chi connectivity index (χ3n) is 3.96. The van der Waals surface area contributed by atoms with Crippen molar-refractivity contribution in [3.63, 3.8) is 0 Å². The van der Waals surface area contributed by atoms with Crippen LogP contribution >= 0.6 is 11.6 Å². The Morgan fingerprint density at radius 2 is 1.95 bits per heavy atom. The van der Waals surface area contributed by atoms with E-state index in [0.29, 0.717) is 25.6 Å². The molecule has 2 heterocycles. The fourth-order valence-electron chi connectivity index (χ4n) is 2.76. The Morgan fingerprint density at radius 3 is 2.58 bits per heavy atom. The molecule has 3 atom stereocenters. The van der Waals surface area contributed by atoms with Crippen molar-refractivity contribution in [2.45, 2.75) is 51.3 Å². The van der Waals surface area contributed by atoms with Gasteiger partial charge in [0.25, 0.3) is 10.2 Å². The lowest BCUT2D eigenvalue weighted by Gasteiger charge is -2.42. The topological polar surface area (TPSA) is 49.9 Å². The lowest BCUT2D eigenvalue weighted by atomic mass is 10.1. The van der Waals surface area contributed by atoms with Crippen LogP contribution in [0.1, 0.15) is 33.1 Å². The van der Waals surface area contributed by atoms with Gasteiger partial charge in [0.1, 0.15) is 0 Å². The molecule has 2 aliphatic heterocycles. The monoisotopic (exact) mass is 310 g/mol. The van der Waals surface area contributed by atoms with Crippen LogP contribution in [0.15, 0.2) is 0 Å². The molecule has 0 saturated carbocycles. The van der Waals surface area contributed by atoms with E-state index in [0.717, 1.165) is 19.3 Å². The van der Waals surface area contributed by atoms with Crippen molar-refractivity contribution in [2.75, 3.05) is 25.6 Å². The maximum atomic E-state index is 12.8. The summed E-state index contributed by atoms with van der Waals surface area (Å²) < 4.78 is 34.3. The first kappa shape index (κ1) is 15.5. The maximum Gasteiger partial charge on any atom is 0.282 e. The Labute approximate surface area is 121 Å². The zero-order valence-corrected chi connectivity index (χ0v) is 13.2. The van der Waals surface area contributed by atoms with Crippen LogP contribution in [0.4, 0.5) is 0 Å². The number of hydrogen-bond donors (Lipinski definition) is 0. The second-order valence-corrected chi connectivity index (χ2v) is 7.63. The average Bonchev–Trinajstić information content (AvgIpc) is 2.39. The summed E-state index contributed by atoms with van der Waals surface area (Å²) in [5, 5.41) is 0. The van der Waals surface area contributed by atoms with Gasteiger partial charge >= 0.3 is 0 Å². The van der Waals surface area contributed by atoms with Gasteiger partial charge in [-0.3, -0.25) is 0 Å². The molecular formula is C12H23ClN2O3S. The van der Waals surface area contributed by atoms with Gasteiger partial charge in [0, 0.05) is 31.1 Å². The minimum Gasteiger partial charge on any atom is -0.374 e. The molecule has 0 aromatic heterocycles. The van der Waals surface area contributed by atoms with Crippen molar-refractivity contribution >= 4 is 21.8 Å². The van der Waals surface area contributed by atoms with Crippen LogP contribution in [0.3, 0.4) is 0 Å². The third-order valence-corrected chi connectivity index (χ3v) is 6.54. The summed E-state index contributed by atoms with van der Waals surface area (Å²) in [4.78, 5) is 0. The zero-order valence-electron chi connectivity index (χ0n) is 11.6. The Balaban J connectivity index is 2.17. The van der Waals surface area contributed by atoms with E-state index < -0.39 is 10.2 Å². The quantitative estimate of drug-likeness (QED) is 0.741. The van der Waals surface area contributed by atoms with Crippen molar-refractivity contribution in [1.29, 1.82) is 0 Å². The van der Waals surface area contributed by atoms with Crippen LogP contribution in [-0.4, -0.2) is 60.8 Å². The van der Waals surface area contributed by atoms with E-state index in [-0.39, 0.29) is 18.2 Å². The molecule has 3 unspecified atom stereocenters. The van der Waals surface area contributed by atoms with Crippen LogP contribution in [0.5, 0.6) is 0 Å². The summed E-state index contributed by atoms with van der Waals surface area (Å²) in [5.74, 6) is 0.328. The van der Waals surface area contributed by atoms with Gasteiger partial charge in [-0.25, -0.2) is 0 Å². The first-order chi connectivity index (χ1) is 8.96. The van der Waals surface area contributed by atoms with Gasteiger partial charge in [-0.1, -0.05) is 6.42 Å². The molecule has 0 bridgehead atoms. The minimum absolute atomic E-state index is 0.0863. The second-order valence-electron chi connectivity index (χ2n) is 5.49. The molecule has 0 amide bonds. The molecule has 2 rings (SSSR count). The SMILES string of the molecule is CC1CCCCN1S(=O)(=O)N1CC(CCl)OCC1C. The largest absolute Gasteiger partial charge is 0.374 e. The zero-order chi connectivity index (χ0) is 14.0. The van der Waals surface area contributed by atoms with Crippen molar-refractivity contribution < 1.29 is 13.2 Å². The van der Waals surface area contributed by atoms with Gasteiger partial charge in [0.15, 0.2) is 0 Å². The Bertz CT molecular complexity index is 404. The molecule has 2 aliphatic rings. The fourth-order valence-corrected chi connectivity index (χ4v) is 5.00. The molecule has 7 heteroatoms. The number of rotatable bonds is 3. The summed E-state index contributed by atoms with van der Waals surface area (Å²) in [5.41, 5.74) is 0. The molecule has 19 heavy (non-hydrogen) atoms. The minimum atomic E-state index is -3.40. The van der Waals surface area contributed by atoms with Gasteiger partial charge < -0.3 is 4.74 Å². The second kappa shape index (κ2) is 6.26. The molecule has 0 spiro atoms. The van der Waals surface area contributed by atoms with E-state index >= 15 is 0 Å².